The number of carbonyl (C=O) groups is 1. The second-order valence-electron chi connectivity index (χ2n) is 2.99. The fraction of sp³-hybridized carbons (Fsp3) is 0.667. The Hall–Kier alpha value is -2.00. The minimum Gasteiger partial charge on any atom is -0.320 e. The minimum atomic E-state index is -10.4. The zero-order chi connectivity index (χ0) is 15.8. The second kappa shape index (κ2) is 3.75. The Morgan fingerprint density at radius 1 is 1.11 bits per heavy atom. The SMILES string of the molecule is O=C(NCC(F)([N+](=O)[O-])[N+](=O)[O-])NS(F)(F)(F)(F)F. The number of halogens is 6. The summed E-state index contributed by atoms with van der Waals surface area (Å²) in [6.45, 7) is -2.19. The fourth-order valence-electron chi connectivity index (χ4n) is 0.600. The molecule has 0 aliphatic carbocycles. The molecule has 0 aromatic carbocycles. The Morgan fingerprint density at radius 3 is 1.74 bits per heavy atom. The summed E-state index contributed by atoms with van der Waals surface area (Å²) in [5.74, 6) is -4.55. The molecule has 0 aliphatic heterocycles. The molecule has 9 nitrogen and oxygen atoms in total. The van der Waals surface area contributed by atoms with Crippen LogP contribution in [0.5, 0.6) is 0 Å². The van der Waals surface area contributed by atoms with Gasteiger partial charge >= 0.3 is 22.4 Å². The largest absolute Gasteiger partial charge is 0.631 e. The molecule has 19 heavy (non-hydrogen) atoms. The standard InChI is InChI=1S/C3H4F6N4O5S/c4-3(12(15)16,13(17)18)1-10-2(14)11-19(5,6,7,8)9/h1H2,(H2,10,11,14). The van der Waals surface area contributed by atoms with Crippen molar-refractivity contribution in [3.05, 3.63) is 20.2 Å². The average molecular weight is 322 g/mol. The summed E-state index contributed by atoms with van der Waals surface area (Å²) in [6, 6.07) is -2.77. The van der Waals surface area contributed by atoms with Crippen LogP contribution in [-0.2, 0) is 0 Å². The minimum absolute atomic E-state index is 0.614. The monoisotopic (exact) mass is 322 g/mol. The van der Waals surface area contributed by atoms with E-state index >= 15 is 0 Å². The summed E-state index contributed by atoms with van der Waals surface area (Å²) in [7, 11) is -10.4. The highest BCUT2D eigenvalue weighted by Crippen LogP contribution is 2.94. The Kier molecular flexibility index (Phi) is 3.35. The first-order valence-electron chi connectivity index (χ1n) is 3.75. The molecule has 0 unspecified atom stereocenters. The van der Waals surface area contributed by atoms with Crippen molar-refractivity contribution in [2.45, 2.75) is 5.92 Å². The van der Waals surface area contributed by atoms with Gasteiger partial charge in [-0.1, -0.05) is 23.8 Å². The Balaban J connectivity index is 4.81. The third-order valence-corrected chi connectivity index (χ3v) is 1.89. The van der Waals surface area contributed by atoms with Gasteiger partial charge in [0.2, 0.25) is 6.54 Å². The van der Waals surface area contributed by atoms with Gasteiger partial charge in [-0.15, -0.1) is 0 Å². The zero-order valence-electron chi connectivity index (χ0n) is 8.32. The number of hydrogen-bond acceptors (Lipinski definition) is 5. The molecule has 16 heteroatoms. The highest BCUT2D eigenvalue weighted by molar-refractivity contribution is 8.44. The number of nitro groups is 2. The van der Waals surface area contributed by atoms with Crippen LogP contribution < -0.4 is 10.0 Å². The molecule has 2 amide bonds. The van der Waals surface area contributed by atoms with Gasteiger partial charge in [-0.2, -0.15) is 0 Å². The Bertz CT molecular complexity index is 421. The fourth-order valence-corrected chi connectivity index (χ4v) is 1.02. The molecule has 0 rings (SSSR count). The molecule has 114 valence electrons. The van der Waals surface area contributed by atoms with Gasteiger partial charge in [0.05, 0.1) is 0 Å². The Labute approximate surface area is 98.6 Å². The summed E-state index contributed by atoms with van der Waals surface area (Å²) in [4.78, 5) is 25.9. The van der Waals surface area contributed by atoms with Gasteiger partial charge in [-0.25, -0.2) is 9.52 Å². The predicted octanol–water partition coefficient (Wildman–Crippen LogP) is 1.68. The quantitative estimate of drug-likeness (QED) is 0.262. The number of nitrogens with zero attached hydrogens (tertiary/aromatic N) is 2. The van der Waals surface area contributed by atoms with E-state index in [9.17, 15) is 48.8 Å². The van der Waals surface area contributed by atoms with Gasteiger partial charge in [-0.3, -0.25) is 20.2 Å². The van der Waals surface area contributed by atoms with Crippen LogP contribution in [0.3, 0.4) is 0 Å². The van der Waals surface area contributed by atoms with E-state index in [0.717, 1.165) is 0 Å². The molecule has 0 heterocycles. The third kappa shape index (κ3) is 5.93. The van der Waals surface area contributed by atoms with Gasteiger partial charge in [0.15, 0.2) is 0 Å². The second-order valence-corrected chi connectivity index (χ2v) is 5.13. The van der Waals surface area contributed by atoms with Crippen molar-refractivity contribution in [3.63, 3.8) is 0 Å². The molecule has 0 aromatic rings. The highest BCUT2D eigenvalue weighted by Gasteiger charge is 2.65. The maximum absolute atomic E-state index is 12.9. The molecule has 0 saturated carbocycles. The molecule has 0 fully saturated rings. The zero-order valence-corrected chi connectivity index (χ0v) is 9.14. The van der Waals surface area contributed by atoms with E-state index < -0.39 is 43.5 Å². The van der Waals surface area contributed by atoms with Crippen LogP contribution in [0.25, 0.3) is 0 Å². The van der Waals surface area contributed by atoms with E-state index in [-0.39, 0.29) is 0 Å². The molecule has 2 N–H and O–H groups in total. The van der Waals surface area contributed by atoms with Crippen molar-refractivity contribution in [2.75, 3.05) is 6.54 Å². The number of urea groups is 1. The van der Waals surface area contributed by atoms with Crippen LogP contribution in [0.2, 0.25) is 0 Å². The lowest BCUT2D eigenvalue weighted by atomic mass is 10.4. The topological polar surface area (TPSA) is 127 Å². The predicted molar refractivity (Wildman–Crippen MR) is 47.5 cm³/mol. The number of carbonyl (C=O) groups excluding carboxylic acids is 1. The van der Waals surface area contributed by atoms with Crippen LogP contribution in [0.15, 0.2) is 0 Å². The molecular weight excluding hydrogens is 318 g/mol. The Morgan fingerprint density at radius 2 is 1.47 bits per heavy atom. The van der Waals surface area contributed by atoms with Crippen LogP contribution >= 0.6 is 10.4 Å². The number of rotatable bonds is 5. The summed E-state index contributed by atoms with van der Waals surface area (Å²) < 4.78 is 70.5. The highest BCUT2D eigenvalue weighted by atomic mass is 32.5. The van der Waals surface area contributed by atoms with Gasteiger partial charge in [0.1, 0.15) is 9.85 Å². The van der Waals surface area contributed by atoms with E-state index in [1.807, 2.05) is 0 Å². The van der Waals surface area contributed by atoms with Crippen molar-refractivity contribution in [2.24, 2.45) is 0 Å². The number of nitrogens with one attached hydrogen (secondary N) is 2. The van der Waals surface area contributed by atoms with Gasteiger partial charge in [0.25, 0.3) is 0 Å². The average Bonchev–Trinajstić information content (AvgIpc) is 2.08. The maximum Gasteiger partial charge on any atom is 0.631 e. The third-order valence-electron chi connectivity index (χ3n) is 1.32. The van der Waals surface area contributed by atoms with Crippen molar-refractivity contribution in [3.8, 4) is 0 Å². The summed E-state index contributed by atoms with van der Waals surface area (Å²) in [6.07, 6.45) is 0. The summed E-state index contributed by atoms with van der Waals surface area (Å²) in [5, 5.41) is 20.5. The molecule has 0 atom stereocenters. The first-order valence-corrected chi connectivity index (χ1v) is 5.70. The first-order chi connectivity index (χ1) is 7.96. The summed E-state index contributed by atoms with van der Waals surface area (Å²) >= 11 is 0. The smallest absolute Gasteiger partial charge is 0.320 e. The normalized spacial score (nSPS) is 15.9. The molecule has 0 aliphatic rings. The molecule has 0 aromatic heterocycles. The molecule has 0 spiro atoms. The van der Waals surface area contributed by atoms with E-state index in [2.05, 4.69) is 0 Å². The lowest BCUT2D eigenvalue weighted by Gasteiger charge is -2.39. The lowest BCUT2D eigenvalue weighted by molar-refractivity contribution is -0.828. The molecule has 0 bridgehead atoms. The maximum atomic E-state index is 12.9. The van der Waals surface area contributed by atoms with Crippen LogP contribution in [0.4, 0.5) is 28.6 Å². The number of hydrogen-bond donors (Lipinski definition) is 2. The van der Waals surface area contributed by atoms with Gasteiger partial charge in [-0.05, 0) is 0 Å². The first kappa shape index (κ1) is 17.0. The van der Waals surface area contributed by atoms with Crippen LogP contribution in [0.1, 0.15) is 0 Å². The molecule has 0 radical (unpaired) electrons. The number of amides is 2. The molecule has 0 saturated heterocycles. The van der Waals surface area contributed by atoms with Crippen LogP contribution in [0, 0.1) is 20.2 Å². The number of alkyl halides is 1. The van der Waals surface area contributed by atoms with Crippen molar-refractivity contribution in [1.82, 2.24) is 10.0 Å². The van der Waals surface area contributed by atoms with Gasteiger partial charge in [0, 0.05) is 0 Å². The van der Waals surface area contributed by atoms with Crippen molar-refractivity contribution in [1.29, 1.82) is 0 Å². The van der Waals surface area contributed by atoms with E-state index in [0.29, 0.717) is 5.32 Å². The van der Waals surface area contributed by atoms with Crippen molar-refractivity contribution < 1.29 is 38.5 Å². The van der Waals surface area contributed by atoms with E-state index in [1.54, 1.807) is 0 Å². The van der Waals surface area contributed by atoms with E-state index in [1.165, 1.54) is 0 Å². The molecular formula is C3H4F6N4O5S. The van der Waals surface area contributed by atoms with Crippen LogP contribution in [-0.4, -0.2) is 28.3 Å². The summed E-state index contributed by atoms with van der Waals surface area (Å²) in [5.41, 5.74) is 0. The van der Waals surface area contributed by atoms with Crippen molar-refractivity contribution >= 4 is 16.4 Å². The van der Waals surface area contributed by atoms with E-state index in [4.69, 9.17) is 0 Å². The lowest BCUT2D eigenvalue weighted by Crippen LogP contribution is -2.53. The van der Waals surface area contributed by atoms with Gasteiger partial charge < -0.3 is 5.32 Å².